The Morgan fingerprint density at radius 3 is 2.40 bits per heavy atom. The minimum absolute atomic E-state index is 0.0276. The standard InChI is InChI=1S/C27H33F4N3O6/c1-14-18(28)8-7-17(21(14)37-10-9-36-6)20-15(2)26(5,27(29,30)31)40-22(20)24(35)34-16-11-32-23(33-12-16)19-13-38-25(3,4)39-19/h7-8,11-12,15,19-20,22H,9-10,13H2,1-6H3,(H,34,35). The summed E-state index contributed by atoms with van der Waals surface area (Å²) in [5, 5.41) is 2.56. The molecular formula is C27H33F4N3O6. The Hall–Kier alpha value is -2.87. The van der Waals surface area contributed by atoms with E-state index in [1.807, 2.05) is 0 Å². The van der Waals surface area contributed by atoms with Crippen LogP contribution in [0.25, 0.3) is 0 Å². The molecular weight excluding hydrogens is 538 g/mol. The lowest BCUT2D eigenvalue weighted by molar-refractivity contribution is -0.272. The molecule has 1 amide bonds. The van der Waals surface area contributed by atoms with Crippen LogP contribution in [-0.2, 0) is 23.7 Å². The van der Waals surface area contributed by atoms with E-state index < -0.39 is 53.3 Å². The van der Waals surface area contributed by atoms with Crippen molar-refractivity contribution in [3.63, 3.8) is 0 Å². The molecule has 3 heterocycles. The quantitative estimate of drug-likeness (QED) is 0.355. The summed E-state index contributed by atoms with van der Waals surface area (Å²) in [5.74, 6) is -4.21. The van der Waals surface area contributed by atoms with Crippen molar-refractivity contribution in [1.82, 2.24) is 9.97 Å². The number of aromatic nitrogens is 2. The van der Waals surface area contributed by atoms with E-state index in [4.69, 9.17) is 23.7 Å². The maximum atomic E-state index is 14.5. The van der Waals surface area contributed by atoms with Gasteiger partial charge in [-0.2, -0.15) is 13.2 Å². The van der Waals surface area contributed by atoms with Crippen LogP contribution in [0, 0.1) is 18.7 Å². The Labute approximate surface area is 229 Å². The maximum Gasteiger partial charge on any atom is 0.417 e. The molecule has 0 bridgehead atoms. The van der Waals surface area contributed by atoms with Crippen LogP contribution in [-0.4, -0.2) is 66.5 Å². The molecule has 13 heteroatoms. The second-order valence-electron chi connectivity index (χ2n) is 10.5. The van der Waals surface area contributed by atoms with Gasteiger partial charge in [-0.15, -0.1) is 0 Å². The van der Waals surface area contributed by atoms with Gasteiger partial charge in [0.1, 0.15) is 30.4 Å². The fourth-order valence-corrected chi connectivity index (χ4v) is 4.99. The zero-order valence-corrected chi connectivity index (χ0v) is 23.1. The van der Waals surface area contributed by atoms with E-state index in [9.17, 15) is 22.4 Å². The van der Waals surface area contributed by atoms with Crippen LogP contribution in [0.15, 0.2) is 24.5 Å². The summed E-state index contributed by atoms with van der Waals surface area (Å²) in [6, 6.07) is 2.47. The molecule has 1 aromatic carbocycles. The molecule has 2 saturated heterocycles. The first-order chi connectivity index (χ1) is 18.7. The Kier molecular flexibility index (Phi) is 8.42. The van der Waals surface area contributed by atoms with Gasteiger partial charge in [-0.3, -0.25) is 4.79 Å². The number of hydrogen-bond acceptors (Lipinski definition) is 8. The van der Waals surface area contributed by atoms with Gasteiger partial charge in [0.05, 0.1) is 31.3 Å². The lowest BCUT2D eigenvalue weighted by Gasteiger charge is -2.32. The summed E-state index contributed by atoms with van der Waals surface area (Å²) < 4.78 is 84.8. The second kappa shape index (κ2) is 11.2. The Balaban J connectivity index is 1.65. The molecule has 5 unspecified atom stereocenters. The number of nitrogens with one attached hydrogen (secondary N) is 1. The third-order valence-corrected chi connectivity index (χ3v) is 7.43. The van der Waals surface area contributed by atoms with E-state index in [1.54, 1.807) is 13.8 Å². The number of carbonyl (C=O) groups is 1. The van der Waals surface area contributed by atoms with E-state index in [2.05, 4.69) is 15.3 Å². The molecule has 220 valence electrons. The van der Waals surface area contributed by atoms with E-state index >= 15 is 0 Å². The van der Waals surface area contributed by atoms with Crippen LogP contribution in [0.2, 0.25) is 0 Å². The minimum Gasteiger partial charge on any atom is -0.491 e. The third-order valence-electron chi connectivity index (χ3n) is 7.43. The van der Waals surface area contributed by atoms with Crippen LogP contribution in [0.1, 0.15) is 56.7 Å². The lowest BCUT2D eigenvalue weighted by atomic mass is 9.76. The van der Waals surface area contributed by atoms with Crippen molar-refractivity contribution in [2.45, 2.75) is 70.3 Å². The average Bonchev–Trinajstić information content (AvgIpc) is 3.39. The van der Waals surface area contributed by atoms with Crippen molar-refractivity contribution in [2.24, 2.45) is 5.92 Å². The van der Waals surface area contributed by atoms with Gasteiger partial charge in [0.25, 0.3) is 5.91 Å². The van der Waals surface area contributed by atoms with Crippen LogP contribution in [0.3, 0.4) is 0 Å². The van der Waals surface area contributed by atoms with Crippen LogP contribution >= 0.6 is 0 Å². The zero-order chi connectivity index (χ0) is 29.5. The number of alkyl halides is 3. The van der Waals surface area contributed by atoms with Gasteiger partial charge in [-0.25, -0.2) is 14.4 Å². The first kappa shape index (κ1) is 30.1. The van der Waals surface area contributed by atoms with Crippen molar-refractivity contribution < 1.29 is 46.0 Å². The molecule has 2 fully saturated rings. The molecule has 2 aliphatic rings. The number of anilines is 1. The summed E-state index contributed by atoms with van der Waals surface area (Å²) in [6.07, 6.45) is -4.25. The normalized spacial score (nSPS) is 28.1. The number of hydrogen-bond donors (Lipinski definition) is 1. The third kappa shape index (κ3) is 5.78. The molecule has 1 aromatic heterocycles. The number of nitrogens with zero attached hydrogens (tertiary/aromatic N) is 2. The molecule has 5 atom stereocenters. The number of amides is 1. The highest BCUT2D eigenvalue weighted by Crippen LogP contribution is 2.55. The minimum atomic E-state index is -4.80. The largest absolute Gasteiger partial charge is 0.491 e. The molecule has 0 radical (unpaired) electrons. The summed E-state index contributed by atoms with van der Waals surface area (Å²) >= 11 is 0. The zero-order valence-electron chi connectivity index (χ0n) is 23.1. The van der Waals surface area contributed by atoms with Gasteiger partial charge in [-0.1, -0.05) is 13.0 Å². The van der Waals surface area contributed by atoms with E-state index in [0.29, 0.717) is 5.82 Å². The second-order valence-corrected chi connectivity index (χ2v) is 10.5. The van der Waals surface area contributed by atoms with Crippen LogP contribution in [0.5, 0.6) is 5.75 Å². The predicted molar refractivity (Wildman–Crippen MR) is 134 cm³/mol. The first-order valence-electron chi connectivity index (χ1n) is 12.8. The number of rotatable bonds is 8. The number of carbonyl (C=O) groups excluding carboxylic acids is 1. The van der Waals surface area contributed by atoms with Crippen LogP contribution < -0.4 is 10.1 Å². The average molecular weight is 572 g/mol. The highest BCUT2D eigenvalue weighted by Gasteiger charge is 2.65. The predicted octanol–water partition coefficient (Wildman–Crippen LogP) is 4.85. The molecule has 0 saturated carbocycles. The number of halogens is 4. The molecule has 40 heavy (non-hydrogen) atoms. The fourth-order valence-electron chi connectivity index (χ4n) is 4.99. The molecule has 0 aliphatic carbocycles. The monoisotopic (exact) mass is 571 g/mol. The van der Waals surface area contributed by atoms with Gasteiger partial charge in [0, 0.05) is 30.1 Å². The SMILES string of the molecule is COCCOc1c(C2C(C(=O)Nc3cnc(C4COC(C)(C)O4)nc3)OC(C)(C(F)(F)F)C2C)ccc(F)c1C. The molecule has 9 nitrogen and oxygen atoms in total. The van der Waals surface area contributed by atoms with E-state index in [1.165, 1.54) is 39.4 Å². The van der Waals surface area contributed by atoms with Crippen molar-refractivity contribution in [1.29, 1.82) is 0 Å². The summed E-state index contributed by atoms with van der Waals surface area (Å²) in [6.45, 7) is 7.67. The maximum absolute atomic E-state index is 14.5. The highest BCUT2D eigenvalue weighted by atomic mass is 19.4. The summed E-state index contributed by atoms with van der Waals surface area (Å²) in [7, 11) is 1.45. The van der Waals surface area contributed by atoms with Crippen molar-refractivity contribution in [2.75, 3.05) is 32.2 Å². The van der Waals surface area contributed by atoms with Crippen molar-refractivity contribution in [3.8, 4) is 5.75 Å². The van der Waals surface area contributed by atoms with Gasteiger partial charge >= 0.3 is 6.18 Å². The van der Waals surface area contributed by atoms with Gasteiger partial charge in [0.2, 0.25) is 0 Å². The summed E-state index contributed by atoms with van der Waals surface area (Å²) in [5.41, 5.74) is -2.19. The van der Waals surface area contributed by atoms with E-state index in [0.717, 1.165) is 13.0 Å². The first-order valence-corrected chi connectivity index (χ1v) is 12.8. The smallest absolute Gasteiger partial charge is 0.417 e. The van der Waals surface area contributed by atoms with Gasteiger partial charge < -0.3 is 29.0 Å². The topological polar surface area (TPSA) is 101 Å². The fraction of sp³-hybridized carbons (Fsp3) is 0.593. The highest BCUT2D eigenvalue weighted by molar-refractivity contribution is 5.95. The van der Waals surface area contributed by atoms with Crippen LogP contribution in [0.4, 0.5) is 23.2 Å². The molecule has 2 aromatic rings. The number of benzene rings is 1. The Bertz CT molecular complexity index is 1230. The van der Waals surface area contributed by atoms with Gasteiger partial charge in [-0.05, 0) is 33.8 Å². The van der Waals surface area contributed by atoms with Crippen molar-refractivity contribution in [3.05, 3.63) is 47.3 Å². The van der Waals surface area contributed by atoms with E-state index in [-0.39, 0.29) is 42.4 Å². The molecule has 4 rings (SSSR count). The number of ether oxygens (including phenoxy) is 5. The Morgan fingerprint density at radius 2 is 1.82 bits per heavy atom. The summed E-state index contributed by atoms with van der Waals surface area (Å²) in [4.78, 5) is 21.9. The van der Waals surface area contributed by atoms with Crippen molar-refractivity contribution >= 4 is 11.6 Å². The number of methoxy groups -OCH3 is 1. The Morgan fingerprint density at radius 1 is 1.15 bits per heavy atom. The molecule has 1 N–H and O–H groups in total. The lowest BCUT2D eigenvalue weighted by Crippen LogP contribution is -2.47. The van der Waals surface area contributed by atoms with Gasteiger partial charge in [0.15, 0.2) is 17.2 Å². The molecule has 0 spiro atoms. The molecule has 2 aliphatic heterocycles.